The molecule has 0 bridgehead atoms. The number of aliphatic hydroxyl groups excluding tert-OH is 1. The summed E-state index contributed by atoms with van der Waals surface area (Å²) in [5, 5.41) is 8.72. The Morgan fingerprint density at radius 1 is 1.47 bits per heavy atom. The Balaban J connectivity index is 2.76. The van der Waals surface area contributed by atoms with Crippen molar-refractivity contribution in [3.8, 4) is 0 Å². The van der Waals surface area contributed by atoms with Gasteiger partial charge in [-0.1, -0.05) is 12.1 Å². The van der Waals surface area contributed by atoms with Crippen molar-refractivity contribution in [1.82, 2.24) is 0 Å². The number of methoxy groups -OCH3 is 1. The SMILES string of the molecule is COC(=O)c1ccc(C(N)CCO)cc1. The van der Waals surface area contributed by atoms with Gasteiger partial charge in [0.2, 0.25) is 0 Å². The third kappa shape index (κ3) is 3.04. The fourth-order valence-electron chi connectivity index (χ4n) is 1.29. The van der Waals surface area contributed by atoms with Crippen LogP contribution in [0.25, 0.3) is 0 Å². The lowest BCUT2D eigenvalue weighted by Gasteiger charge is -2.10. The number of aliphatic hydroxyl groups is 1. The zero-order chi connectivity index (χ0) is 11.3. The Hall–Kier alpha value is -1.39. The minimum absolute atomic E-state index is 0.0555. The number of esters is 1. The van der Waals surface area contributed by atoms with E-state index in [1.54, 1.807) is 24.3 Å². The van der Waals surface area contributed by atoms with Crippen LogP contribution in [0.1, 0.15) is 28.4 Å². The summed E-state index contributed by atoms with van der Waals surface area (Å²) in [5.41, 5.74) is 7.19. The molecule has 4 nitrogen and oxygen atoms in total. The smallest absolute Gasteiger partial charge is 0.337 e. The second-order valence-electron chi connectivity index (χ2n) is 3.23. The molecule has 0 amide bonds. The Labute approximate surface area is 88.7 Å². The van der Waals surface area contributed by atoms with E-state index in [-0.39, 0.29) is 18.6 Å². The van der Waals surface area contributed by atoms with Crippen LogP contribution in [0, 0.1) is 0 Å². The molecular weight excluding hydrogens is 194 g/mol. The van der Waals surface area contributed by atoms with E-state index in [4.69, 9.17) is 10.8 Å². The van der Waals surface area contributed by atoms with Gasteiger partial charge in [-0.25, -0.2) is 4.79 Å². The maximum Gasteiger partial charge on any atom is 0.337 e. The fourth-order valence-corrected chi connectivity index (χ4v) is 1.29. The molecule has 4 heteroatoms. The van der Waals surface area contributed by atoms with Crippen molar-refractivity contribution >= 4 is 5.97 Å². The van der Waals surface area contributed by atoms with Gasteiger partial charge in [-0.2, -0.15) is 0 Å². The summed E-state index contributed by atoms with van der Waals surface area (Å²) < 4.78 is 4.57. The molecule has 1 unspecified atom stereocenters. The van der Waals surface area contributed by atoms with Gasteiger partial charge in [0.15, 0.2) is 0 Å². The van der Waals surface area contributed by atoms with Gasteiger partial charge in [-0.05, 0) is 24.1 Å². The van der Waals surface area contributed by atoms with Gasteiger partial charge in [-0.3, -0.25) is 0 Å². The van der Waals surface area contributed by atoms with Gasteiger partial charge in [0.05, 0.1) is 12.7 Å². The zero-order valence-corrected chi connectivity index (χ0v) is 8.64. The van der Waals surface area contributed by atoms with Crippen LogP contribution in [0.15, 0.2) is 24.3 Å². The van der Waals surface area contributed by atoms with E-state index < -0.39 is 0 Å². The molecule has 3 N–H and O–H groups in total. The molecule has 0 fully saturated rings. The molecule has 1 aromatic carbocycles. The molecule has 0 aliphatic heterocycles. The third-order valence-electron chi connectivity index (χ3n) is 2.20. The van der Waals surface area contributed by atoms with Gasteiger partial charge in [-0.15, -0.1) is 0 Å². The first kappa shape index (κ1) is 11.7. The number of hydrogen-bond acceptors (Lipinski definition) is 4. The van der Waals surface area contributed by atoms with Crippen LogP contribution in [0.5, 0.6) is 0 Å². The molecule has 0 saturated heterocycles. The standard InChI is InChI=1S/C11H15NO3/c1-15-11(14)9-4-2-8(3-5-9)10(12)6-7-13/h2-5,10,13H,6-7,12H2,1H3. The highest BCUT2D eigenvalue weighted by atomic mass is 16.5. The van der Waals surface area contributed by atoms with E-state index in [1.165, 1.54) is 7.11 Å². The molecule has 1 aromatic rings. The van der Waals surface area contributed by atoms with Crippen molar-refractivity contribution in [2.45, 2.75) is 12.5 Å². The first-order chi connectivity index (χ1) is 7.19. The average Bonchev–Trinajstić information content (AvgIpc) is 2.28. The summed E-state index contributed by atoms with van der Waals surface area (Å²) in [5.74, 6) is -0.364. The van der Waals surface area contributed by atoms with Crippen LogP contribution in [0.2, 0.25) is 0 Å². The van der Waals surface area contributed by atoms with Crippen LogP contribution in [0.4, 0.5) is 0 Å². The van der Waals surface area contributed by atoms with Crippen molar-refractivity contribution < 1.29 is 14.6 Å². The Morgan fingerprint density at radius 3 is 2.53 bits per heavy atom. The van der Waals surface area contributed by atoms with Gasteiger partial charge < -0.3 is 15.6 Å². The number of rotatable bonds is 4. The second-order valence-corrected chi connectivity index (χ2v) is 3.23. The Bertz CT molecular complexity index is 321. The zero-order valence-electron chi connectivity index (χ0n) is 8.64. The highest BCUT2D eigenvalue weighted by Gasteiger charge is 2.08. The van der Waals surface area contributed by atoms with Gasteiger partial charge >= 0.3 is 5.97 Å². The minimum Gasteiger partial charge on any atom is -0.465 e. The lowest BCUT2D eigenvalue weighted by atomic mass is 10.0. The monoisotopic (exact) mass is 209 g/mol. The third-order valence-corrected chi connectivity index (χ3v) is 2.20. The molecule has 0 aliphatic rings. The lowest BCUT2D eigenvalue weighted by Crippen LogP contribution is -2.12. The predicted molar refractivity (Wildman–Crippen MR) is 56.4 cm³/mol. The molecule has 0 heterocycles. The van der Waals surface area contributed by atoms with Gasteiger partial charge in [0.1, 0.15) is 0 Å². The molecule has 82 valence electrons. The summed E-state index contributed by atoms with van der Waals surface area (Å²) in [7, 11) is 1.34. The van der Waals surface area contributed by atoms with Gasteiger partial charge in [0, 0.05) is 12.6 Å². The van der Waals surface area contributed by atoms with E-state index in [0.717, 1.165) is 5.56 Å². The van der Waals surface area contributed by atoms with E-state index in [1.807, 2.05) is 0 Å². The highest BCUT2D eigenvalue weighted by molar-refractivity contribution is 5.89. The van der Waals surface area contributed by atoms with Crippen molar-refractivity contribution in [1.29, 1.82) is 0 Å². The van der Waals surface area contributed by atoms with E-state index in [9.17, 15) is 4.79 Å². The Kier molecular flexibility index (Phi) is 4.27. The molecule has 0 radical (unpaired) electrons. The largest absolute Gasteiger partial charge is 0.465 e. The number of hydrogen-bond donors (Lipinski definition) is 2. The molecular formula is C11H15NO3. The topological polar surface area (TPSA) is 72.5 Å². The number of benzene rings is 1. The van der Waals surface area contributed by atoms with E-state index in [0.29, 0.717) is 12.0 Å². The highest BCUT2D eigenvalue weighted by Crippen LogP contribution is 2.14. The first-order valence-corrected chi connectivity index (χ1v) is 4.73. The molecule has 1 atom stereocenters. The van der Waals surface area contributed by atoms with Crippen LogP contribution in [-0.2, 0) is 4.74 Å². The Morgan fingerprint density at radius 2 is 2.07 bits per heavy atom. The van der Waals surface area contributed by atoms with Crippen LogP contribution in [-0.4, -0.2) is 24.8 Å². The summed E-state index contributed by atoms with van der Waals surface area (Å²) in [6.45, 7) is 0.0555. The van der Waals surface area contributed by atoms with E-state index in [2.05, 4.69) is 4.74 Å². The lowest BCUT2D eigenvalue weighted by molar-refractivity contribution is 0.0600. The quantitative estimate of drug-likeness (QED) is 0.721. The number of carbonyl (C=O) groups excluding carboxylic acids is 1. The predicted octanol–water partition coefficient (Wildman–Crippen LogP) is 0.855. The van der Waals surface area contributed by atoms with Crippen molar-refractivity contribution in [2.24, 2.45) is 5.73 Å². The molecule has 0 aliphatic carbocycles. The summed E-state index contributed by atoms with van der Waals surface area (Å²) in [6, 6.07) is 6.68. The first-order valence-electron chi connectivity index (χ1n) is 4.73. The van der Waals surface area contributed by atoms with E-state index >= 15 is 0 Å². The van der Waals surface area contributed by atoms with Crippen LogP contribution < -0.4 is 5.73 Å². The maximum atomic E-state index is 11.1. The van der Waals surface area contributed by atoms with Crippen molar-refractivity contribution in [2.75, 3.05) is 13.7 Å². The molecule has 0 saturated carbocycles. The number of carbonyl (C=O) groups is 1. The summed E-state index contributed by atoms with van der Waals surface area (Å²) >= 11 is 0. The summed E-state index contributed by atoms with van der Waals surface area (Å²) in [6.07, 6.45) is 0.511. The van der Waals surface area contributed by atoms with Crippen molar-refractivity contribution in [3.05, 3.63) is 35.4 Å². The van der Waals surface area contributed by atoms with Crippen LogP contribution in [0.3, 0.4) is 0 Å². The number of nitrogens with two attached hydrogens (primary N) is 1. The average molecular weight is 209 g/mol. The number of ether oxygens (including phenoxy) is 1. The van der Waals surface area contributed by atoms with Gasteiger partial charge in [0.25, 0.3) is 0 Å². The fraction of sp³-hybridized carbons (Fsp3) is 0.364. The molecule has 15 heavy (non-hydrogen) atoms. The molecule has 1 rings (SSSR count). The van der Waals surface area contributed by atoms with Crippen molar-refractivity contribution in [3.63, 3.8) is 0 Å². The minimum atomic E-state index is -0.364. The van der Waals surface area contributed by atoms with Crippen LogP contribution >= 0.6 is 0 Å². The molecule has 0 spiro atoms. The summed E-state index contributed by atoms with van der Waals surface area (Å²) in [4.78, 5) is 11.1. The maximum absolute atomic E-state index is 11.1. The second kappa shape index (κ2) is 5.48. The normalized spacial score (nSPS) is 12.2. The molecule has 0 aromatic heterocycles.